The van der Waals surface area contributed by atoms with E-state index in [0.717, 1.165) is 9.87 Å². The first-order chi connectivity index (χ1) is 13.8. The van der Waals surface area contributed by atoms with E-state index in [0.29, 0.717) is 17.2 Å². The predicted molar refractivity (Wildman–Crippen MR) is 112 cm³/mol. The standard InChI is InChI=1S/C20H26N2O6S/c1-6-29(24,25)22(2)17-12-19(28-5)18(27-4)11-16(17)20(23)21-13-14-7-9-15(26-3)10-8-14/h7-12H,6,13H2,1-5H3,(H,21,23). The van der Waals surface area contributed by atoms with Crippen LogP contribution in [0.5, 0.6) is 17.2 Å². The molecule has 0 bridgehead atoms. The Labute approximate surface area is 171 Å². The molecule has 158 valence electrons. The van der Waals surface area contributed by atoms with Gasteiger partial charge in [-0.1, -0.05) is 12.1 Å². The Hall–Kier alpha value is -2.94. The Morgan fingerprint density at radius 2 is 1.59 bits per heavy atom. The third-order valence-corrected chi connectivity index (χ3v) is 6.24. The second-order valence-corrected chi connectivity index (χ2v) is 8.41. The lowest BCUT2D eigenvalue weighted by molar-refractivity contribution is 0.0951. The molecular formula is C20H26N2O6S. The SMILES string of the molecule is CCS(=O)(=O)N(C)c1cc(OC)c(OC)cc1C(=O)NCc1ccc(OC)cc1. The number of amides is 1. The fourth-order valence-electron chi connectivity index (χ4n) is 2.68. The molecule has 9 heteroatoms. The zero-order valence-corrected chi connectivity index (χ0v) is 18.0. The van der Waals surface area contributed by atoms with Crippen LogP contribution in [0.1, 0.15) is 22.8 Å². The monoisotopic (exact) mass is 422 g/mol. The summed E-state index contributed by atoms with van der Waals surface area (Å²) in [7, 11) is 2.29. The summed E-state index contributed by atoms with van der Waals surface area (Å²) < 4.78 is 41.5. The molecule has 1 N–H and O–H groups in total. The van der Waals surface area contributed by atoms with E-state index >= 15 is 0 Å². The third-order valence-electron chi connectivity index (χ3n) is 4.48. The Bertz CT molecular complexity index is 958. The maximum Gasteiger partial charge on any atom is 0.253 e. The first-order valence-corrected chi connectivity index (χ1v) is 10.5. The highest BCUT2D eigenvalue weighted by atomic mass is 32.2. The number of nitrogens with one attached hydrogen (secondary N) is 1. The van der Waals surface area contributed by atoms with Crippen LogP contribution in [0.3, 0.4) is 0 Å². The molecule has 2 aromatic rings. The molecule has 0 heterocycles. The maximum atomic E-state index is 12.9. The van der Waals surface area contributed by atoms with Gasteiger partial charge in [0.15, 0.2) is 11.5 Å². The molecule has 0 atom stereocenters. The van der Waals surface area contributed by atoms with Gasteiger partial charge in [0.2, 0.25) is 10.0 Å². The van der Waals surface area contributed by atoms with Crippen molar-refractivity contribution in [2.75, 3.05) is 38.4 Å². The van der Waals surface area contributed by atoms with E-state index in [4.69, 9.17) is 14.2 Å². The van der Waals surface area contributed by atoms with Crippen LogP contribution in [-0.4, -0.2) is 48.5 Å². The lowest BCUT2D eigenvalue weighted by atomic mass is 10.1. The van der Waals surface area contributed by atoms with Crippen molar-refractivity contribution in [2.24, 2.45) is 0 Å². The van der Waals surface area contributed by atoms with Gasteiger partial charge in [-0.3, -0.25) is 9.10 Å². The summed E-state index contributed by atoms with van der Waals surface area (Å²) in [6, 6.07) is 10.2. The van der Waals surface area contributed by atoms with E-state index in [1.165, 1.54) is 40.3 Å². The Morgan fingerprint density at radius 1 is 1.00 bits per heavy atom. The molecule has 0 aliphatic rings. The Kier molecular flexibility index (Phi) is 7.33. The minimum atomic E-state index is -3.58. The molecule has 0 saturated carbocycles. The number of anilines is 1. The summed E-state index contributed by atoms with van der Waals surface area (Å²) in [5, 5.41) is 2.81. The summed E-state index contributed by atoms with van der Waals surface area (Å²) in [6.07, 6.45) is 0. The van der Waals surface area contributed by atoms with Crippen LogP contribution >= 0.6 is 0 Å². The molecule has 0 aromatic heterocycles. The van der Waals surface area contributed by atoms with Crippen LogP contribution in [0.15, 0.2) is 36.4 Å². The zero-order valence-electron chi connectivity index (χ0n) is 17.2. The van der Waals surface area contributed by atoms with Crippen molar-refractivity contribution < 1.29 is 27.4 Å². The highest BCUT2D eigenvalue weighted by Crippen LogP contribution is 2.35. The van der Waals surface area contributed by atoms with E-state index in [1.54, 1.807) is 19.2 Å². The predicted octanol–water partition coefficient (Wildman–Crippen LogP) is 2.43. The van der Waals surface area contributed by atoms with E-state index in [-0.39, 0.29) is 23.5 Å². The van der Waals surface area contributed by atoms with Crippen LogP contribution in [0.25, 0.3) is 0 Å². The summed E-state index contributed by atoms with van der Waals surface area (Å²) in [6.45, 7) is 1.80. The van der Waals surface area contributed by atoms with Crippen molar-refractivity contribution in [3.63, 3.8) is 0 Å². The van der Waals surface area contributed by atoms with E-state index < -0.39 is 15.9 Å². The highest BCUT2D eigenvalue weighted by Gasteiger charge is 2.25. The van der Waals surface area contributed by atoms with Gasteiger partial charge in [-0.25, -0.2) is 8.42 Å². The summed E-state index contributed by atoms with van der Waals surface area (Å²) in [5.41, 5.74) is 1.24. The smallest absolute Gasteiger partial charge is 0.253 e. The van der Waals surface area contributed by atoms with Crippen molar-refractivity contribution in [1.29, 1.82) is 0 Å². The minimum Gasteiger partial charge on any atom is -0.497 e. The molecule has 0 unspecified atom stereocenters. The number of hydrogen-bond donors (Lipinski definition) is 1. The van der Waals surface area contributed by atoms with Gasteiger partial charge < -0.3 is 19.5 Å². The van der Waals surface area contributed by atoms with Crippen molar-refractivity contribution >= 4 is 21.6 Å². The lowest BCUT2D eigenvalue weighted by Crippen LogP contribution is -2.31. The molecular weight excluding hydrogens is 396 g/mol. The van der Waals surface area contributed by atoms with Gasteiger partial charge in [-0.15, -0.1) is 0 Å². The van der Waals surface area contributed by atoms with Gasteiger partial charge in [-0.2, -0.15) is 0 Å². The van der Waals surface area contributed by atoms with Gasteiger partial charge in [0.05, 0.1) is 38.3 Å². The van der Waals surface area contributed by atoms with Gasteiger partial charge in [0, 0.05) is 19.7 Å². The quantitative estimate of drug-likeness (QED) is 0.667. The molecule has 0 spiro atoms. The largest absolute Gasteiger partial charge is 0.497 e. The molecule has 0 fully saturated rings. The summed E-state index contributed by atoms with van der Waals surface area (Å²) in [4.78, 5) is 12.9. The zero-order chi connectivity index (χ0) is 21.6. The van der Waals surface area contributed by atoms with Crippen molar-refractivity contribution in [3.05, 3.63) is 47.5 Å². The van der Waals surface area contributed by atoms with Gasteiger partial charge in [-0.05, 0) is 30.7 Å². The van der Waals surface area contributed by atoms with Crippen molar-refractivity contribution in [3.8, 4) is 17.2 Å². The number of nitrogens with zero attached hydrogens (tertiary/aromatic N) is 1. The molecule has 2 rings (SSSR count). The number of rotatable bonds is 9. The summed E-state index contributed by atoms with van der Waals surface area (Å²) in [5.74, 6) is 0.828. The van der Waals surface area contributed by atoms with Gasteiger partial charge >= 0.3 is 0 Å². The third kappa shape index (κ3) is 5.11. The molecule has 1 amide bonds. The molecule has 0 aliphatic carbocycles. The molecule has 0 saturated heterocycles. The van der Waals surface area contributed by atoms with Crippen LogP contribution in [0, 0.1) is 0 Å². The summed E-state index contributed by atoms with van der Waals surface area (Å²) >= 11 is 0. The first-order valence-electron chi connectivity index (χ1n) is 8.91. The fourth-order valence-corrected chi connectivity index (χ4v) is 3.51. The molecule has 0 aliphatic heterocycles. The number of benzene rings is 2. The van der Waals surface area contributed by atoms with E-state index in [2.05, 4.69) is 5.32 Å². The Balaban J connectivity index is 2.38. The van der Waals surface area contributed by atoms with Gasteiger partial charge in [0.25, 0.3) is 5.91 Å². The van der Waals surface area contributed by atoms with Crippen LogP contribution in [0.2, 0.25) is 0 Å². The number of methoxy groups -OCH3 is 3. The number of hydrogen-bond acceptors (Lipinski definition) is 6. The topological polar surface area (TPSA) is 94.2 Å². The number of carbonyl (C=O) groups is 1. The fraction of sp³-hybridized carbons (Fsp3) is 0.350. The van der Waals surface area contributed by atoms with Crippen LogP contribution in [-0.2, 0) is 16.6 Å². The average molecular weight is 423 g/mol. The Morgan fingerprint density at radius 3 is 2.10 bits per heavy atom. The second-order valence-electron chi connectivity index (χ2n) is 6.12. The van der Waals surface area contributed by atoms with Crippen molar-refractivity contribution in [2.45, 2.75) is 13.5 Å². The molecule has 8 nitrogen and oxygen atoms in total. The van der Waals surface area contributed by atoms with Gasteiger partial charge in [0.1, 0.15) is 5.75 Å². The average Bonchev–Trinajstić information content (AvgIpc) is 2.76. The maximum absolute atomic E-state index is 12.9. The van der Waals surface area contributed by atoms with E-state index in [9.17, 15) is 13.2 Å². The van der Waals surface area contributed by atoms with Crippen LogP contribution < -0.4 is 23.8 Å². The highest BCUT2D eigenvalue weighted by molar-refractivity contribution is 7.92. The molecule has 0 radical (unpaired) electrons. The normalized spacial score (nSPS) is 10.9. The van der Waals surface area contributed by atoms with E-state index in [1.807, 2.05) is 12.1 Å². The van der Waals surface area contributed by atoms with Crippen molar-refractivity contribution in [1.82, 2.24) is 5.32 Å². The molecule has 29 heavy (non-hydrogen) atoms. The number of sulfonamides is 1. The van der Waals surface area contributed by atoms with Crippen LogP contribution in [0.4, 0.5) is 5.69 Å². The second kappa shape index (κ2) is 9.51. The molecule has 2 aromatic carbocycles. The number of carbonyl (C=O) groups excluding carboxylic acids is 1. The lowest BCUT2D eigenvalue weighted by Gasteiger charge is -2.23. The number of ether oxygens (including phenoxy) is 3. The minimum absolute atomic E-state index is 0.106. The first kappa shape index (κ1) is 22.4.